The average molecular weight is 240 g/mol. The maximum absolute atomic E-state index is 11.4. The maximum atomic E-state index is 11.4. The second-order valence-corrected chi connectivity index (χ2v) is 4.04. The molecule has 1 aliphatic heterocycles. The van der Waals surface area contributed by atoms with E-state index in [0.717, 1.165) is 30.2 Å². The number of amides is 1. The Kier molecular flexibility index (Phi) is 4.82. The summed E-state index contributed by atoms with van der Waals surface area (Å²) in [5.41, 5.74) is 1.08. The van der Waals surface area contributed by atoms with E-state index in [1.54, 1.807) is 16.2 Å². The second kappa shape index (κ2) is 6.15. The molecule has 1 amide bonds. The lowest BCUT2D eigenvalue weighted by atomic mass is 10.4. The van der Waals surface area contributed by atoms with Crippen molar-refractivity contribution in [3.63, 3.8) is 0 Å². The van der Waals surface area contributed by atoms with E-state index >= 15 is 0 Å². The van der Waals surface area contributed by atoms with Crippen LogP contribution in [0.15, 0.2) is 5.38 Å². The van der Waals surface area contributed by atoms with Crippen LogP contribution in [-0.2, 0) is 20.8 Å². The number of carbonyl (C=O) groups excluding carboxylic acids is 3. The Morgan fingerprint density at radius 3 is 2.69 bits per heavy atom. The van der Waals surface area contributed by atoms with Gasteiger partial charge in [-0.05, 0) is 12.8 Å². The number of thiazole rings is 1. The first-order valence-electron chi connectivity index (χ1n) is 4.97. The maximum Gasteiger partial charge on any atom is 0.373 e. The molecule has 1 aromatic rings. The lowest BCUT2D eigenvalue weighted by Gasteiger charge is -2.10. The third kappa shape index (κ3) is 2.98. The highest BCUT2D eigenvalue weighted by Crippen LogP contribution is 2.25. The number of nitrogens with zero attached hydrogens (tertiary/aromatic N) is 2. The van der Waals surface area contributed by atoms with Crippen molar-refractivity contribution in [3.8, 4) is 0 Å². The molecule has 0 spiro atoms. The van der Waals surface area contributed by atoms with Gasteiger partial charge in [-0.15, -0.1) is 11.3 Å². The zero-order chi connectivity index (χ0) is 12.0. The standard InChI is InChI=1S/C9H12N2OS.CO2/c1-2-7-6-13-9(10-7)11-5-3-4-8(11)12;2-1-3/h6H,2-5H2,1H3;. The fourth-order valence-electron chi connectivity index (χ4n) is 1.43. The first kappa shape index (κ1) is 12.5. The summed E-state index contributed by atoms with van der Waals surface area (Å²) in [6, 6.07) is 0. The van der Waals surface area contributed by atoms with Crippen molar-refractivity contribution < 1.29 is 14.4 Å². The molecule has 1 fully saturated rings. The van der Waals surface area contributed by atoms with Gasteiger partial charge in [0, 0.05) is 18.3 Å². The highest BCUT2D eigenvalue weighted by atomic mass is 32.1. The molecule has 0 saturated carbocycles. The molecule has 16 heavy (non-hydrogen) atoms. The number of aromatic nitrogens is 1. The lowest BCUT2D eigenvalue weighted by molar-refractivity contribution is -0.191. The van der Waals surface area contributed by atoms with Crippen LogP contribution < -0.4 is 4.90 Å². The summed E-state index contributed by atoms with van der Waals surface area (Å²) < 4.78 is 0. The Labute approximate surface area is 97.1 Å². The van der Waals surface area contributed by atoms with Crippen molar-refractivity contribution in [3.05, 3.63) is 11.1 Å². The van der Waals surface area contributed by atoms with Gasteiger partial charge >= 0.3 is 6.15 Å². The second-order valence-electron chi connectivity index (χ2n) is 3.21. The normalized spacial score (nSPS) is 14.3. The van der Waals surface area contributed by atoms with Gasteiger partial charge in [-0.25, -0.2) is 4.98 Å². The monoisotopic (exact) mass is 240 g/mol. The fourth-order valence-corrected chi connectivity index (χ4v) is 2.38. The van der Waals surface area contributed by atoms with E-state index in [1.807, 2.05) is 5.38 Å². The SMILES string of the molecule is CCc1csc(N2CCCC2=O)n1.O=C=O. The molecule has 0 unspecified atom stereocenters. The van der Waals surface area contributed by atoms with Gasteiger partial charge in [-0.3, -0.25) is 9.69 Å². The van der Waals surface area contributed by atoms with Crippen molar-refractivity contribution in [1.29, 1.82) is 0 Å². The highest BCUT2D eigenvalue weighted by molar-refractivity contribution is 7.14. The van der Waals surface area contributed by atoms with E-state index in [-0.39, 0.29) is 12.1 Å². The van der Waals surface area contributed by atoms with Crippen LogP contribution >= 0.6 is 11.3 Å². The Hall–Kier alpha value is -1.52. The predicted molar refractivity (Wildman–Crippen MR) is 58.1 cm³/mol. The molecule has 0 aliphatic carbocycles. The minimum absolute atomic E-state index is 0.219. The van der Waals surface area contributed by atoms with Crippen molar-refractivity contribution in [2.45, 2.75) is 26.2 Å². The molecular weight excluding hydrogens is 228 g/mol. The van der Waals surface area contributed by atoms with E-state index in [0.29, 0.717) is 6.42 Å². The highest BCUT2D eigenvalue weighted by Gasteiger charge is 2.23. The van der Waals surface area contributed by atoms with Crippen molar-refractivity contribution in [2.24, 2.45) is 0 Å². The van der Waals surface area contributed by atoms with Gasteiger partial charge < -0.3 is 0 Å². The number of carbonyl (C=O) groups is 1. The minimum atomic E-state index is 0.219. The molecule has 1 aliphatic rings. The molecule has 5 nitrogen and oxygen atoms in total. The van der Waals surface area contributed by atoms with E-state index in [4.69, 9.17) is 9.59 Å². The van der Waals surface area contributed by atoms with Gasteiger partial charge in [0.15, 0.2) is 5.13 Å². The van der Waals surface area contributed by atoms with E-state index < -0.39 is 0 Å². The van der Waals surface area contributed by atoms with Crippen LogP contribution in [-0.4, -0.2) is 23.6 Å². The average Bonchev–Trinajstić information content (AvgIpc) is 2.86. The third-order valence-corrected chi connectivity index (χ3v) is 3.12. The largest absolute Gasteiger partial charge is 0.373 e. The summed E-state index contributed by atoms with van der Waals surface area (Å²) >= 11 is 1.57. The smallest absolute Gasteiger partial charge is 0.288 e. The molecule has 86 valence electrons. The van der Waals surface area contributed by atoms with Gasteiger partial charge in [0.25, 0.3) is 0 Å². The summed E-state index contributed by atoms with van der Waals surface area (Å²) in [5, 5.41) is 2.90. The van der Waals surface area contributed by atoms with Gasteiger partial charge in [0.1, 0.15) is 0 Å². The molecule has 0 bridgehead atoms. The first-order chi connectivity index (χ1) is 7.72. The van der Waals surface area contributed by atoms with Crippen molar-refractivity contribution in [2.75, 3.05) is 11.4 Å². The van der Waals surface area contributed by atoms with Crippen LogP contribution in [0.2, 0.25) is 0 Å². The molecular formula is C10H12N2O3S. The molecule has 6 heteroatoms. The molecule has 0 aromatic carbocycles. The quantitative estimate of drug-likeness (QED) is 0.780. The summed E-state index contributed by atoms with van der Waals surface area (Å²) in [5.74, 6) is 0.219. The van der Waals surface area contributed by atoms with Gasteiger partial charge in [0.05, 0.1) is 5.69 Å². The zero-order valence-electron chi connectivity index (χ0n) is 8.93. The van der Waals surface area contributed by atoms with Gasteiger partial charge in [0.2, 0.25) is 5.91 Å². The van der Waals surface area contributed by atoms with Crippen molar-refractivity contribution >= 4 is 28.5 Å². The molecule has 2 rings (SSSR count). The van der Waals surface area contributed by atoms with Gasteiger partial charge in [-0.2, -0.15) is 9.59 Å². The number of hydrogen-bond donors (Lipinski definition) is 0. The molecule has 0 atom stereocenters. The van der Waals surface area contributed by atoms with E-state index in [9.17, 15) is 4.79 Å². The molecule has 1 aromatic heterocycles. The number of anilines is 1. The molecule has 1 saturated heterocycles. The van der Waals surface area contributed by atoms with Crippen LogP contribution in [0.1, 0.15) is 25.5 Å². The molecule has 0 radical (unpaired) electrons. The number of hydrogen-bond acceptors (Lipinski definition) is 5. The Balaban J connectivity index is 0.000000386. The van der Waals surface area contributed by atoms with E-state index in [1.165, 1.54) is 0 Å². The van der Waals surface area contributed by atoms with Gasteiger partial charge in [-0.1, -0.05) is 6.92 Å². The zero-order valence-corrected chi connectivity index (χ0v) is 9.75. The van der Waals surface area contributed by atoms with Crippen LogP contribution in [0.5, 0.6) is 0 Å². The summed E-state index contributed by atoms with van der Waals surface area (Å²) in [6.45, 7) is 2.92. The topological polar surface area (TPSA) is 67.3 Å². The third-order valence-electron chi connectivity index (χ3n) is 2.21. The van der Waals surface area contributed by atoms with Crippen LogP contribution in [0.4, 0.5) is 5.13 Å². The number of rotatable bonds is 2. The lowest BCUT2D eigenvalue weighted by Crippen LogP contribution is -2.23. The van der Waals surface area contributed by atoms with Crippen LogP contribution in [0, 0.1) is 0 Å². The fraction of sp³-hybridized carbons (Fsp3) is 0.500. The molecule has 0 N–H and O–H groups in total. The first-order valence-corrected chi connectivity index (χ1v) is 5.85. The molecule has 2 heterocycles. The summed E-state index contributed by atoms with van der Waals surface area (Å²) in [4.78, 5) is 33.8. The van der Waals surface area contributed by atoms with Crippen molar-refractivity contribution in [1.82, 2.24) is 4.98 Å². The summed E-state index contributed by atoms with van der Waals surface area (Å²) in [6.07, 6.45) is 2.85. The predicted octanol–water partition coefficient (Wildman–Crippen LogP) is 1.25. The Morgan fingerprint density at radius 2 is 2.25 bits per heavy atom. The van der Waals surface area contributed by atoms with Crippen LogP contribution in [0.3, 0.4) is 0 Å². The minimum Gasteiger partial charge on any atom is -0.288 e. The van der Waals surface area contributed by atoms with Crippen LogP contribution in [0.25, 0.3) is 0 Å². The Bertz CT molecular complexity index is 397. The van der Waals surface area contributed by atoms with E-state index in [2.05, 4.69) is 11.9 Å². The summed E-state index contributed by atoms with van der Waals surface area (Å²) in [7, 11) is 0. The number of aryl methyl sites for hydroxylation is 1. The Morgan fingerprint density at radius 1 is 1.56 bits per heavy atom.